The van der Waals surface area contributed by atoms with E-state index in [4.69, 9.17) is 0 Å². The number of rotatable bonds is 2. The Morgan fingerprint density at radius 2 is 2.00 bits per heavy atom. The molecule has 2 rings (SSSR count). The van der Waals surface area contributed by atoms with Crippen LogP contribution in [0.4, 0.5) is 0 Å². The number of aldehydes is 1. The first-order valence-electron chi connectivity index (χ1n) is 3.99. The van der Waals surface area contributed by atoms with Crippen LogP contribution in [-0.4, -0.2) is 6.29 Å². The first kappa shape index (κ1) is 7.86. The van der Waals surface area contributed by atoms with E-state index in [1.54, 1.807) is 12.3 Å². The number of hydrogen-bond donors (Lipinski definition) is 0. The molecular weight excluding hydrogens is 164 g/mol. The third-order valence-electron chi connectivity index (χ3n) is 2.03. The van der Waals surface area contributed by atoms with Crippen molar-refractivity contribution in [3.8, 4) is 0 Å². The highest BCUT2D eigenvalue weighted by atomic mass is 16.1. The van der Waals surface area contributed by atoms with Crippen molar-refractivity contribution in [2.24, 2.45) is 10.2 Å². The van der Waals surface area contributed by atoms with E-state index >= 15 is 0 Å². The monoisotopic (exact) mass is 172 g/mol. The molecule has 1 aliphatic rings. The van der Waals surface area contributed by atoms with Crippen molar-refractivity contribution in [2.75, 3.05) is 0 Å². The van der Waals surface area contributed by atoms with Gasteiger partial charge in [0.2, 0.25) is 0 Å². The van der Waals surface area contributed by atoms with E-state index in [1.807, 2.05) is 30.3 Å². The van der Waals surface area contributed by atoms with E-state index in [-0.39, 0.29) is 0 Å². The van der Waals surface area contributed by atoms with Crippen molar-refractivity contribution in [1.29, 1.82) is 0 Å². The average molecular weight is 172 g/mol. The molecule has 0 saturated heterocycles. The molecule has 0 aromatic heterocycles. The fraction of sp³-hybridized carbons (Fsp3) is 0.100. The molecule has 0 aliphatic carbocycles. The van der Waals surface area contributed by atoms with E-state index < -0.39 is 5.54 Å². The van der Waals surface area contributed by atoms with Crippen LogP contribution in [0.15, 0.2) is 52.8 Å². The Bertz CT molecular complexity index is 356. The van der Waals surface area contributed by atoms with Gasteiger partial charge in [0, 0.05) is 6.20 Å². The number of benzene rings is 1. The lowest BCUT2D eigenvalue weighted by atomic mass is 9.93. The summed E-state index contributed by atoms with van der Waals surface area (Å²) in [6.07, 6.45) is 4.03. The summed E-state index contributed by atoms with van der Waals surface area (Å²) < 4.78 is 0. The lowest BCUT2D eigenvalue weighted by Gasteiger charge is -2.14. The Balaban J connectivity index is 2.50. The largest absolute Gasteiger partial charge is 0.300 e. The van der Waals surface area contributed by atoms with Gasteiger partial charge in [-0.05, 0) is 11.6 Å². The molecule has 0 spiro atoms. The van der Waals surface area contributed by atoms with E-state index in [0.29, 0.717) is 0 Å². The third-order valence-corrected chi connectivity index (χ3v) is 2.03. The van der Waals surface area contributed by atoms with Crippen LogP contribution >= 0.6 is 0 Å². The molecule has 1 atom stereocenters. The predicted octanol–water partition coefficient (Wildman–Crippen LogP) is 2.06. The maximum atomic E-state index is 10.9. The Kier molecular flexibility index (Phi) is 1.77. The minimum absolute atomic E-state index is 0.801. The zero-order valence-corrected chi connectivity index (χ0v) is 6.92. The molecule has 0 saturated carbocycles. The number of nitrogens with zero attached hydrogens (tertiary/aromatic N) is 2. The fourth-order valence-electron chi connectivity index (χ4n) is 1.30. The summed E-state index contributed by atoms with van der Waals surface area (Å²) in [5, 5.41) is 7.60. The van der Waals surface area contributed by atoms with Crippen molar-refractivity contribution in [3.63, 3.8) is 0 Å². The first-order valence-corrected chi connectivity index (χ1v) is 3.99. The minimum Gasteiger partial charge on any atom is -0.300 e. The quantitative estimate of drug-likeness (QED) is 0.629. The summed E-state index contributed by atoms with van der Waals surface area (Å²) in [4.78, 5) is 10.9. The molecule has 1 aromatic carbocycles. The highest BCUT2D eigenvalue weighted by Crippen LogP contribution is 2.28. The molecular formula is C10H8N2O. The van der Waals surface area contributed by atoms with Crippen molar-refractivity contribution in [3.05, 3.63) is 48.2 Å². The number of carbonyl (C=O) groups excluding carboxylic acids is 1. The van der Waals surface area contributed by atoms with Gasteiger partial charge in [-0.2, -0.15) is 10.2 Å². The predicted molar refractivity (Wildman–Crippen MR) is 48.2 cm³/mol. The van der Waals surface area contributed by atoms with Crippen molar-refractivity contribution in [2.45, 2.75) is 5.54 Å². The molecule has 0 amide bonds. The number of carbonyl (C=O) groups is 1. The van der Waals surface area contributed by atoms with Crippen molar-refractivity contribution < 1.29 is 4.79 Å². The zero-order valence-electron chi connectivity index (χ0n) is 6.92. The molecule has 1 aliphatic heterocycles. The molecule has 0 bridgehead atoms. The van der Waals surface area contributed by atoms with Gasteiger partial charge in [-0.1, -0.05) is 30.3 Å². The molecule has 3 heteroatoms. The number of azo groups is 1. The molecule has 1 unspecified atom stereocenters. The van der Waals surface area contributed by atoms with E-state index in [1.165, 1.54) is 0 Å². The second kappa shape index (κ2) is 2.94. The van der Waals surface area contributed by atoms with Gasteiger partial charge in [0.1, 0.15) is 0 Å². The van der Waals surface area contributed by atoms with E-state index in [2.05, 4.69) is 10.2 Å². The molecule has 0 radical (unpaired) electrons. The van der Waals surface area contributed by atoms with Crippen LogP contribution in [0, 0.1) is 0 Å². The minimum atomic E-state index is -0.874. The maximum absolute atomic E-state index is 10.9. The van der Waals surface area contributed by atoms with Crippen molar-refractivity contribution in [1.82, 2.24) is 0 Å². The SMILES string of the molecule is O=CC1(c2ccccc2)C=CN=N1. The molecule has 3 nitrogen and oxygen atoms in total. The highest BCUT2D eigenvalue weighted by molar-refractivity contribution is 5.72. The Hall–Kier alpha value is -1.77. The molecule has 64 valence electrons. The Morgan fingerprint density at radius 3 is 2.54 bits per heavy atom. The topological polar surface area (TPSA) is 41.8 Å². The van der Waals surface area contributed by atoms with Gasteiger partial charge in [-0.15, -0.1) is 0 Å². The lowest BCUT2D eigenvalue weighted by Crippen LogP contribution is -2.20. The Morgan fingerprint density at radius 1 is 1.23 bits per heavy atom. The normalized spacial score (nSPS) is 24.9. The number of hydrogen-bond acceptors (Lipinski definition) is 3. The van der Waals surface area contributed by atoms with Gasteiger partial charge in [-0.25, -0.2) is 0 Å². The third kappa shape index (κ3) is 1.18. The zero-order chi connectivity index (χ0) is 9.15. The summed E-state index contributed by atoms with van der Waals surface area (Å²) in [7, 11) is 0. The lowest BCUT2D eigenvalue weighted by molar-refractivity contribution is -0.111. The van der Waals surface area contributed by atoms with Gasteiger partial charge < -0.3 is 0 Å². The van der Waals surface area contributed by atoms with Crippen LogP contribution in [0.1, 0.15) is 5.56 Å². The summed E-state index contributed by atoms with van der Waals surface area (Å²) in [5.41, 5.74) is -0.0242. The summed E-state index contributed by atoms with van der Waals surface area (Å²) >= 11 is 0. The molecule has 1 aromatic rings. The highest BCUT2D eigenvalue weighted by Gasteiger charge is 2.30. The van der Waals surface area contributed by atoms with Crippen LogP contribution in [0.25, 0.3) is 0 Å². The van der Waals surface area contributed by atoms with E-state index in [0.717, 1.165) is 11.8 Å². The second-order valence-electron chi connectivity index (χ2n) is 2.84. The second-order valence-corrected chi connectivity index (χ2v) is 2.84. The van der Waals surface area contributed by atoms with Crippen LogP contribution in [0.3, 0.4) is 0 Å². The summed E-state index contributed by atoms with van der Waals surface area (Å²) in [5.74, 6) is 0. The van der Waals surface area contributed by atoms with Crippen molar-refractivity contribution >= 4 is 6.29 Å². The maximum Gasteiger partial charge on any atom is 0.182 e. The standard InChI is InChI=1S/C10H8N2O/c13-8-10(6-7-11-12-10)9-4-2-1-3-5-9/h1-8H. The smallest absolute Gasteiger partial charge is 0.182 e. The van der Waals surface area contributed by atoms with Crippen LogP contribution < -0.4 is 0 Å². The average Bonchev–Trinajstić information content (AvgIpc) is 2.69. The van der Waals surface area contributed by atoms with Gasteiger partial charge >= 0.3 is 0 Å². The van der Waals surface area contributed by atoms with Gasteiger partial charge in [0.05, 0.1) is 0 Å². The molecule has 0 fully saturated rings. The molecule has 13 heavy (non-hydrogen) atoms. The van der Waals surface area contributed by atoms with Crippen LogP contribution in [-0.2, 0) is 10.3 Å². The van der Waals surface area contributed by atoms with Crippen LogP contribution in [0.2, 0.25) is 0 Å². The van der Waals surface area contributed by atoms with Gasteiger partial charge in [0.25, 0.3) is 0 Å². The Labute approximate surface area is 75.8 Å². The van der Waals surface area contributed by atoms with E-state index in [9.17, 15) is 4.79 Å². The fourth-order valence-corrected chi connectivity index (χ4v) is 1.30. The first-order chi connectivity index (χ1) is 6.37. The van der Waals surface area contributed by atoms with Gasteiger partial charge in [0.15, 0.2) is 11.8 Å². The summed E-state index contributed by atoms with van der Waals surface area (Å²) in [6.45, 7) is 0. The molecule has 0 N–H and O–H groups in total. The van der Waals surface area contributed by atoms with Gasteiger partial charge in [-0.3, -0.25) is 4.79 Å². The van der Waals surface area contributed by atoms with Crippen LogP contribution in [0.5, 0.6) is 0 Å². The summed E-state index contributed by atoms with van der Waals surface area (Å²) in [6, 6.07) is 9.38. The molecule has 1 heterocycles.